The summed E-state index contributed by atoms with van der Waals surface area (Å²) < 4.78 is 17.3. The highest BCUT2D eigenvalue weighted by atomic mass is 16.5. The van der Waals surface area contributed by atoms with E-state index in [-0.39, 0.29) is 30.5 Å². The quantitative estimate of drug-likeness (QED) is 0.126. The van der Waals surface area contributed by atoms with Crippen molar-refractivity contribution >= 4 is 17.5 Å². The smallest absolute Gasteiger partial charge is 0.222 e. The third-order valence-corrected chi connectivity index (χ3v) is 5.40. The van der Waals surface area contributed by atoms with Crippen molar-refractivity contribution in [3.05, 3.63) is 0 Å². The van der Waals surface area contributed by atoms with E-state index < -0.39 is 5.41 Å². The molecule has 35 heavy (non-hydrogen) atoms. The topological polar surface area (TPSA) is 169 Å². The van der Waals surface area contributed by atoms with Crippen LogP contribution in [0.3, 0.4) is 0 Å². The second kappa shape index (κ2) is 23.0. The zero-order valence-corrected chi connectivity index (χ0v) is 21.8. The van der Waals surface area contributed by atoms with Gasteiger partial charge in [0.25, 0.3) is 0 Å². The molecule has 0 saturated heterocycles. The molecule has 0 unspecified atom stereocenters. The standard InChI is InChI=1S/C25H50N4O6/c1-25(19-33-16-9-22(30)7-2-4-12-26,20-34-17-10-23(31)8-3-5-13-27)21-35-18-11-24(32)29-15-6-14-28/h2-21,26-28H2,1H3,(H,29,32). The van der Waals surface area contributed by atoms with E-state index >= 15 is 0 Å². The molecule has 0 heterocycles. The van der Waals surface area contributed by atoms with Crippen LogP contribution in [0.15, 0.2) is 0 Å². The lowest BCUT2D eigenvalue weighted by Crippen LogP contribution is -2.35. The number of ketones is 2. The summed E-state index contributed by atoms with van der Waals surface area (Å²) in [5, 5.41) is 2.80. The van der Waals surface area contributed by atoms with E-state index in [1.807, 2.05) is 6.92 Å². The molecular formula is C25H50N4O6. The van der Waals surface area contributed by atoms with Crippen LogP contribution in [-0.2, 0) is 28.6 Å². The van der Waals surface area contributed by atoms with Crippen LogP contribution in [0.2, 0.25) is 0 Å². The number of nitrogens with one attached hydrogen (secondary N) is 1. The van der Waals surface area contributed by atoms with Crippen LogP contribution in [0.25, 0.3) is 0 Å². The summed E-state index contributed by atoms with van der Waals surface area (Å²) in [6, 6.07) is 0. The summed E-state index contributed by atoms with van der Waals surface area (Å²) in [5.74, 6) is 0.261. The maximum Gasteiger partial charge on any atom is 0.222 e. The Balaban J connectivity index is 4.42. The van der Waals surface area contributed by atoms with Gasteiger partial charge in [-0.1, -0.05) is 6.92 Å². The van der Waals surface area contributed by atoms with Crippen LogP contribution in [-0.4, -0.2) is 83.3 Å². The van der Waals surface area contributed by atoms with Crippen LogP contribution in [0, 0.1) is 5.41 Å². The molecule has 0 bridgehead atoms. The Hall–Kier alpha value is -1.43. The first kappa shape index (κ1) is 33.6. The maximum absolute atomic E-state index is 11.9. The van der Waals surface area contributed by atoms with E-state index in [9.17, 15) is 14.4 Å². The summed E-state index contributed by atoms with van der Waals surface area (Å²) in [7, 11) is 0. The molecule has 10 nitrogen and oxygen atoms in total. The molecule has 0 fully saturated rings. The third kappa shape index (κ3) is 21.6. The number of ether oxygens (including phenoxy) is 3. The molecule has 0 aliphatic rings. The molecule has 0 rings (SSSR count). The first-order chi connectivity index (χ1) is 16.9. The van der Waals surface area contributed by atoms with Crippen molar-refractivity contribution in [3.63, 3.8) is 0 Å². The van der Waals surface area contributed by atoms with Gasteiger partial charge in [-0.25, -0.2) is 0 Å². The molecular weight excluding hydrogens is 452 g/mol. The number of unbranched alkanes of at least 4 members (excludes halogenated alkanes) is 2. The number of carbonyl (C=O) groups is 3. The van der Waals surface area contributed by atoms with Gasteiger partial charge >= 0.3 is 0 Å². The van der Waals surface area contributed by atoms with E-state index in [2.05, 4.69) is 5.32 Å². The molecule has 0 aromatic heterocycles. The van der Waals surface area contributed by atoms with Crippen molar-refractivity contribution in [1.82, 2.24) is 5.32 Å². The summed E-state index contributed by atoms with van der Waals surface area (Å²) >= 11 is 0. The molecule has 1 amide bonds. The lowest BCUT2D eigenvalue weighted by molar-refractivity contribution is -0.123. The fourth-order valence-electron chi connectivity index (χ4n) is 3.22. The van der Waals surface area contributed by atoms with Crippen molar-refractivity contribution in [1.29, 1.82) is 0 Å². The third-order valence-electron chi connectivity index (χ3n) is 5.40. The minimum atomic E-state index is -0.471. The van der Waals surface area contributed by atoms with Gasteiger partial charge in [-0.2, -0.15) is 0 Å². The zero-order valence-electron chi connectivity index (χ0n) is 21.8. The minimum Gasteiger partial charge on any atom is -0.380 e. The van der Waals surface area contributed by atoms with Crippen LogP contribution in [0.4, 0.5) is 0 Å². The van der Waals surface area contributed by atoms with Crippen molar-refractivity contribution in [3.8, 4) is 0 Å². The normalized spacial score (nSPS) is 11.5. The van der Waals surface area contributed by atoms with E-state index in [0.717, 1.165) is 32.1 Å². The highest BCUT2D eigenvalue weighted by Gasteiger charge is 2.26. The van der Waals surface area contributed by atoms with Crippen molar-refractivity contribution in [2.45, 2.75) is 71.1 Å². The number of hydrogen-bond donors (Lipinski definition) is 4. The Bertz CT molecular complexity index is 488. The average Bonchev–Trinajstić information content (AvgIpc) is 2.83. The highest BCUT2D eigenvalue weighted by Crippen LogP contribution is 2.19. The van der Waals surface area contributed by atoms with Crippen molar-refractivity contribution < 1.29 is 28.6 Å². The summed E-state index contributed by atoms with van der Waals surface area (Å²) in [4.78, 5) is 35.7. The summed E-state index contributed by atoms with van der Waals surface area (Å²) in [5.41, 5.74) is 15.9. The number of nitrogens with two attached hydrogens (primary N) is 3. The molecule has 0 radical (unpaired) electrons. The fraction of sp³-hybridized carbons (Fsp3) is 0.880. The molecule has 0 saturated carbocycles. The van der Waals surface area contributed by atoms with E-state index in [0.29, 0.717) is 84.9 Å². The second-order valence-electron chi connectivity index (χ2n) is 9.28. The average molecular weight is 503 g/mol. The van der Waals surface area contributed by atoms with Gasteiger partial charge in [-0.15, -0.1) is 0 Å². The Morgan fingerprint density at radius 1 is 0.629 bits per heavy atom. The molecule has 0 aliphatic carbocycles. The highest BCUT2D eigenvalue weighted by molar-refractivity contribution is 5.78. The molecule has 0 spiro atoms. The van der Waals surface area contributed by atoms with Gasteiger partial charge < -0.3 is 36.7 Å². The van der Waals surface area contributed by atoms with Crippen molar-refractivity contribution in [2.24, 2.45) is 22.6 Å². The second-order valence-corrected chi connectivity index (χ2v) is 9.28. The number of amides is 1. The molecule has 0 aromatic rings. The van der Waals surface area contributed by atoms with Crippen LogP contribution >= 0.6 is 0 Å². The molecule has 0 atom stereocenters. The van der Waals surface area contributed by atoms with Gasteiger partial charge in [-0.05, 0) is 51.7 Å². The number of carbonyl (C=O) groups excluding carboxylic acids is 3. The van der Waals surface area contributed by atoms with Crippen LogP contribution in [0.1, 0.15) is 71.1 Å². The van der Waals surface area contributed by atoms with Gasteiger partial charge in [0.05, 0.1) is 39.6 Å². The molecule has 0 aliphatic heterocycles. The molecule has 0 aromatic carbocycles. The molecule has 7 N–H and O–H groups in total. The van der Waals surface area contributed by atoms with Gasteiger partial charge in [0.2, 0.25) is 5.91 Å². The van der Waals surface area contributed by atoms with Crippen molar-refractivity contribution in [2.75, 3.05) is 65.8 Å². The number of hydrogen-bond acceptors (Lipinski definition) is 9. The molecule has 206 valence electrons. The van der Waals surface area contributed by atoms with E-state index in [1.165, 1.54) is 0 Å². The predicted octanol–water partition coefficient (Wildman–Crippen LogP) is 1.07. The summed E-state index contributed by atoms with van der Waals surface area (Å²) in [6.07, 6.45) is 6.08. The Kier molecular flexibility index (Phi) is 22.1. The predicted molar refractivity (Wildman–Crippen MR) is 137 cm³/mol. The monoisotopic (exact) mass is 502 g/mol. The maximum atomic E-state index is 11.9. The summed E-state index contributed by atoms with van der Waals surface area (Å²) in [6.45, 7) is 6.22. The van der Waals surface area contributed by atoms with E-state index in [1.54, 1.807) is 0 Å². The first-order valence-corrected chi connectivity index (χ1v) is 13.0. The van der Waals surface area contributed by atoms with Gasteiger partial charge in [0, 0.05) is 44.1 Å². The van der Waals surface area contributed by atoms with Gasteiger partial charge in [0.1, 0.15) is 11.6 Å². The SMILES string of the molecule is CC(COCCC(=O)CCCCN)(COCCC(=O)CCCCN)COCCC(=O)NCCCN. The van der Waals surface area contributed by atoms with Gasteiger partial charge in [-0.3, -0.25) is 14.4 Å². The number of rotatable bonds is 26. The lowest BCUT2D eigenvalue weighted by atomic mass is 9.94. The van der Waals surface area contributed by atoms with Crippen LogP contribution < -0.4 is 22.5 Å². The van der Waals surface area contributed by atoms with E-state index in [4.69, 9.17) is 31.4 Å². The zero-order chi connectivity index (χ0) is 26.2. The lowest BCUT2D eigenvalue weighted by Gasteiger charge is -2.29. The first-order valence-electron chi connectivity index (χ1n) is 13.0. The molecule has 10 heteroatoms. The number of Topliss-reactive ketones (excluding diaryl/α,β-unsaturated/α-hetero) is 2. The Morgan fingerprint density at radius 2 is 1.06 bits per heavy atom. The minimum absolute atomic E-state index is 0.0750. The fourth-order valence-corrected chi connectivity index (χ4v) is 3.22. The van der Waals surface area contributed by atoms with Crippen LogP contribution in [0.5, 0.6) is 0 Å². The van der Waals surface area contributed by atoms with Gasteiger partial charge in [0.15, 0.2) is 0 Å². The Labute approximate surface area is 211 Å². The Morgan fingerprint density at radius 3 is 1.49 bits per heavy atom. The largest absolute Gasteiger partial charge is 0.380 e.